The van der Waals surface area contributed by atoms with E-state index in [0.717, 1.165) is 13.1 Å². The standard InChI is InChI=1S/C13H24N2O/c1-5-6-14-13(16)12(4)15-8-10(2)7-11(3)9-15/h5,10-12H,1,6-9H2,2-4H3,(H,14,16)/t10-,11+,12-/m0/s1. The van der Waals surface area contributed by atoms with Gasteiger partial charge in [-0.3, -0.25) is 9.69 Å². The van der Waals surface area contributed by atoms with Crippen molar-refractivity contribution in [3.05, 3.63) is 12.7 Å². The lowest BCUT2D eigenvalue weighted by molar-refractivity contribution is -0.126. The molecule has 0 saturated carbocycles. The Bertz CT molecular complexity index is 242. The first kappa shape index (κ1) is 13.2. The lowest BCUT2D eigenvalue weighted by atomic mass is 9.91. The van der Waals surface area contributed by atoms with Gasteiger partial charge in [0.2, 0.25) is 5.91 Å². The van der Waals surface area contributed by atoms with Crippen LogP contribution in [0.15, 0.2) is 12.7 Å². The molecule has 0 aliphatic carbocycles. The smallest absolute Gasteiger partial charge is 0.237 e. The molecule has 0 aromatic rings. The first-order chi connectivity index (χ1) is 7.54. The maximum atomic E-state index is 11.8. The molecule has 1 aliphatic heterocycles. The van der Waals surface area contributed by atoms with Crippen LogP contribution in [0.4, 0.5) is 0 Å². The van der Waals surface area contributed by atoms with Crippen molar-refractivity contribution in [2.75, 3.05) is 19.6 Å². The van der Waals surface area contributed by atoms with Crippen LogP contribution in [-0.2, 0) is 4.79 Å². The van der Waals surface area contributed by atoms with Crippen molar-refractivity contribution in [3.63, 3.8) is 0 Å². The second kappa shape index (κ2) is 6.04. The molecule has 0 spiro atoms. The summed E-state index contributed by atoms with van der Waals surface area (Å²) in [5.74, 6) is 1.50. The molecule has 0 unspecified atom stereocenters. The Labute approximate surface area is 98.9 Å². The zero-order valence-corrected chi connectivity index (χ0v) is 10.7. The summed E-state index contributed by atoms with van der Waals surface area (Å²) in [4.78, 5) is 14.1. The van der Waals surface area contributed by atoms with E-state index in [9.17, 15) is 4.79 Å². The first-order valence-electron chi connectivity index (χ1n) is 6.17. The van der Waals surface area contributed by atoms with Gasteiger partial charge in [-0.1, -0.05) is 19.9 Å². The van der Waals surface area contributed by atoms with Crippen molar-refractivity contribution in [1.82, 2.24) is 10.2 Å². The van der Waals surface area contributed by atoms with E-state index in [1.165, 1.54) is 6.42 Å². The highest BCUT2D eigenvalue weighted by Gasteiger charge is 2.28. The molecule has 0 aromatic carbocycles. The fourth-order valence-electron chi connectivity index (χ4n) is 2.51. The molecule has 3 heteroatoms. The number of nitrogens with one attached hydrogen (secondary N) is 1. The molecule has 1 saturated heterocycles. The normalized spacial score (nSPS) is 28.4. The molecular weight excluding hydrogens is 200 g/mol. The zero-order valence-electron chi connectivity index (χ0n) is 10.7. The van der Waals surface area contributed by atoms with Crippen molar-refractivity contribution in [1.29, 1.82) is 0 Å². The average molecular weight is 224 g/mol. The van der Waals surface area contributed by atoms with Crippen LogP contribution in [0.2, 0.25) is 0 Å². The van der Waals surface area contributed by atoms with Crippen LogP contribution in [-0.4, -0.2) is 36.5 Å². The molecule has 0 aromatic heterocycles. The average Bonchev–Trinajstić information content (AvgIpc) is 2.23. The molecule has 1 N–H and O–H groups in total. The zero-order chi connectivity index (χ0) is 12.1. The fraction of sp³-hybridized carbons (Fsp3) is 0.769. The fourth-order valence-corrected chi connectivity index (χ4v) is 2.51. The largest absolute Gasteiger partial charge is 0.351 e. The van der Waals surface area contributed by atoms with E-state index in [1.54, 1.807) is 6.08 Å². The third-order valence-corrected chi connectivity index (χ3v) is 3.24. The summed E-state index contributed by atoms with van der Waals surface area (Å²) in [5.41, 5.74) is 0. The van der Waals surface area contributed by atoms with Crippen LogP contribution in [0.1, 0.15) is 27.2 Å². The summed E-state index contributed by atoms with van der Waals surface area (Å²) < 4.78 is 0. The Kier molecular flexibility index (Phi) is 5.00. The Morgan fingerprint density at radius 1 is 1.50 bits per heavy atom. The van der Waals surface area contributed by atoms with Gasteiger partial charge in [0.1, 0.15) is 0 Å². The van der Waals surface area contributed by atoms with E-state index >= 15 is 0 Å². The van der Waals surface area contributed by atoms with Gasteiger partial charge < -0.3 is 5.32 Å². The number of hydrogen-bond donors (Lipinski definition) is 1. The minimum absolute atomic E-state index is 0.0230. The van der Waals surface area contributed by atoms with E-state index in [4.69, 9.17) is 0 Å². The predicted octanol–water partition coefficient (Wildman–Crippen LogP) is 1.65. The molecule has 0 bridgehead atoms. The quantitative estimate of drug-likeness (QED) is 0.737. The van der Waals surface area contributed by atoms with Crippen molar-refractivity contribution in [3.8, 4) is 0 Å². The minimum atomic E-state index is -0.0230. The molecule has 0 radical (unpaired) electrons. The number of amides is 1. The van der Waals surface area contributed by atoms with Crippen LogP contribution in [0.3, 0.4) is 0 Å². The molecule has 92 valence electrons. The van der Waals surface area contributed by atoms with Gasteiger partial charge in [0.15, 0.2) is 0 Å². The number of carbonyl (C=O) groups excluding carboxylic acids is 1. The first-order valence-corrected chi connectivity index (χ1v) is 6.17. The highest BCUT2D eigenvalue weighted by Crippen LogP contribution is 2.22. The topological polar surface area (TPSA) is 32.3 Å². The predicted molar refractivity (Wildman–Crippen MR) is 67.2 cm³/mol. The van der Waals surface area contributed by atoms with Gasteiger partial charge >= 0.3 is 0 Å². The van der Waals surface area contributed by atoms with Gasteiger partial charge in [0, 0.05) is 19.6 Å². The Hall–Kier alpha value is -0.830. The summed E-state index contributed by atoms with van der Waals surface area (Å²) in [6.07, 6.45) is 2.99. The van der Waals surface area contributed by atoms with Crippen molar-refractivity contribution in [2.24, 2.45) is 11.8 Å². The third kappa shape index (κ3) is 3.63. The molecule has 1 amide bonds. The molecule has 1 aliphatic rings. The van der Waals surface area contributed by atoms with E-state index in [0.29, 0.717) is 18.4 Å². The van der Waals surface area contributed by atoms with Gasteiger partial charge in [0.05, 0.1) is 6.04 Å². The van der Waals surface area contributed by atoms with Crippen molar-refractivity contribution in [2.45, 2.75) is 33.2 Å². The molecule has 3 nitrogen and oxygen atoms in total. The number of rotatable bonds is 4. The summed E-state index contributed by atoms with van der Waals surface area (Å²) >= 11 is 0. The molecule has 16 heavy (non-hydrogen) atoms. The lowest BCUT2D eigenvalue weighted by Gasteiger charge is -2.38. The van der Waals surface area contributed by atoms with Gasteiger partial charge in [-0.05, 0) is 25.2 Å². The van der Waals surface area contributed by atoms with E-state index in [1.807, 2.05) is 6.92 Å². The number of carbonyl (C=O) groups is 1. The highest BCUT2D eigenvalue weighted by atomic mass is 16.2. The second-order valence-corrected chi connectivity index (χ2v) is 5.11. The van der Waals surface area contributed by atoms with Crippen LogP contribution < -0.4 is 5.32 Å². The maximum Gasteiger partial charge on any atom is 0.237 e. The monoisotopic (exact) mass is 224 g/mol. The van der Waals surface area contributed by atoms with Gasteiger partial charge in [-0.2, -0.15) is 0 Å². The maximum absolute atomic E-state index is 11.8. The highest BCUT2D eigenvalue weighted by molar-refractivity contribution is 5.81. The minimum Gasteiger partial charge on any atom is -0.351 e. The van der Waals surface area contributed by atoms with Crippen molar-refractivity contribution < 1.29 is 4.79 Å². The number of nitrogens with zero attached hydrogens (tertiary/aromatic N) is 1. The summed E-state index contributed by atoms with van der Waals surface area (Å²) in [7, 11) is 0. The molecule has 3 atom stereocenters. The number of hydrogen-bond acceptors (Lipinski definition) is 2. The van der Waals surface area contributed by atoms with Crippen LogP contribution >= 0.6 is 0 Å². The van der Waals surface area contributed by atoms with E-state index in [-0.39, 0.29) is 11.9 Å². The second-order valence-electron chi connectivity index (χ2n) is 5.11. The van der Waals surface area contributed by atoms with E-state index in [2.05, 4.69) is 30.6 Å². The Balaban J connectivity index is 2.48. The lowest BCUT2D eigenvalue weighted by Crippen LogP contribution is -2.50. The molecule has 1 rings (SSSR count). The van der Waals surface area contributed by atoms with Gasteiger partial charge in [-0.15, -0.1) is 6.58 Å². The molecule has 1 fully saturated rings. The van der Waals surface area contributed by atoms with E-state index < -0.39 is 0 Å². The third-order valence-electron chi connectivity index (χ3n) is 3.24. The molecule has 1 heterocycles. The Morgan fingerprint density at radius 2 is 2.06 bits per heavy atom. The molecular formula is C13H24N2O. The SMILES string of the molecule is C=CCNC(=O)[C@H](C)N1C[C@H](C)C[C@H](C)C1. The van der Waals surface area contributed by atoms with Gasteiger partial charge in [0.25, 0.3) is 0 Å². The summed E-state index contributed by atoms with van der Waals surface area (Å²) in [6.45, 7) is 12.7. The van der Waals surface area contributed by atoms with Crippen LogP contribution in [0, 0.1) is 11.8 Å². The Morgan fingerprint density at radius 3 is 2.56 bits per heavy atom. The number of piperidine rings is 1. The van der Waals surface area contributed by atoms with Crippen LogP contribution in [0.5, 0.6) is 0 Å². The number of likely N-dealkylation sites (tertiary alicyclic amines) is 1. The van der Waals surface area contributed by atoms with Crippen LogP contribution in [0.25, 0.3) is 0 Å². The summed E-state index contributed by atoms with van der Waals surface area (Å²) in [6, 6.07) is -0.0230. The van der Waals surface area contributed by atoms with Gasteiger partial charge in [-0.25, -0.2) is 0 Å². The van der Waals surface area contributed by atoms with Crippen molar-refractivity contribution >= 4 is 5.91 Å². The summed E-state index contributed by atoms with van der Waals surface area (Å²) in [5, 5.41) is 2.86.